The minimum atomic E-state index is -1.18. The first-order chi connectivity index (χ1) is 10.8. The van der Waals surface area contributed by atoms with E-state index in [0.29, 0.717) is 24.7 Å². The molecule has 0 aromatic carbocycles. The number of nitrogens with zero attached hydrogens (tertiary/aromatic N) is 1. The molecule has 0 bridgehead atoms. The van der Waals surface area contributed by atoms with E-state index in [2.05, 4.69) is 26.0 Å². The van der Waals surface area contributed by atoms with Gasteiger partial charge in [-0.2, -0.15) is 5.26 Å². The lowest BCUT2D eigenvalue weighted by Crippen LogP contribution is -2.50. The number of ketones is 1. The number of rotatable bonds is 0. The fraction of sp³-hybridized carbons (Fsp3) is 0.700. The average molecular weight is 311 g/mol. The van der Waals surface area contributed by atoms with E-state index in [4.69, 9.17) is 0 Å². The van der Waals surface area contributed by atoms with Gasteiger partial charge in [-0.15, -0.1) is 0 Å². The zero-order valence-electron chi connectivity index (χ0n) is 14.1. The molecule has 0 heterocycles. The van der Waals surface area contributed by atoms with Gasteiger partial charge in [-0.1, -0.05) is 31.1 Å². The van der Waals surface area contributed by atoms with Crippen LogP contribution in [0.15, 0.2) is 23.3 Å². The third kappa shape index (κ3) is 1.76. The molecular weight excluding hydrogens is 286 g/mol. The molecule has 3 heteroatoms. The van der Waals surface area contributed by atoms with E-state index >= 15 is 0 Å². The van der Waals surface area contributed by atoms with Crippen molar-refractivity contribution in [2.45, 2.75) is 64.4 Å². The van der Waals surface area contributed by atoms with E-state index < -0.39 is 5.60 Å². The summed E-state index contributed by atoms with van der Waals surface area (Å²) in [6.07, 6.45) is 10.2. The van der Waals surface area contributed by atoms with Gasteiger partial charge in [0, 0.05) is 17.3 Å². The van der Waals surface area contributed by atoms with Gasteiger partial charge in [0.2, 0.25) is 0 Å². The van der Waals surface area contributed by atoms with Gasteiger partial charge in [-0.25, -0.2) is 0 Å². The summed E-state index contributed by atoms with van der Waals surface area (Å²) in [5.74, 6) is 1.13. The number of nitriles is 1. The second-order valence-corrected chi connectivity index (χ2v) is 8.51. The van der Waals surface area contributed by atoms with Crippen LogP contribution in [0.25, 0.3) is 0 Å². The summed E-state index contributed by atoms with van der Waals surface area (Å²) in [7, 11) is 0. The smallest absolute Gasteiger partial charge is 0.156 e. The summed E-state index contributed by atoms with van der Waals surface area (Å²) in [6.45, 7) is 4.41. The summed E-state index contributed by atoms with van der Waals surface area (Å²) in [4.78, 5) is 11.8. The maximum absolute atomic E-state index is 11.8. The van der Waals surface area contributed by atoms with E-state index in [1.807, 2.05) is 6.08 Å². The first kappa shape index (κ1) is 15.1. The van der Waals surface area contributed by atoms with E-state index in [1.165, 1.54) is 11.1 Å². The molecule has 0 radical (unpaired) electrons. The van der Waals surface area contributed by atoms with Gasteiger partial charge in [-0.3, -0.25) is 4.79 Å². The molecular formula is C20H25NO2. The fourth-order valence-corrected chi connectivity index (χ4v) is 6.05. The molecule has 4 aliphatic carbocycles. The van der Waals surface area contributed by atoms with Crippen molar-refractivity contribution in [3.8, 4) is 6.07 Å². The van der Waals surface area contributed by atoms with Crippen molar-refractivity contribution in [3.63, 3.8) is 0 Å². The molecule has 0 aromatic rings. The average Bonchev–Trinajstić information content (AvgIpc) is 2.80. The first-order valence-corrected chi connectivity index (χ1v) is 8.92. The zero-order valence-corrected chi connectivity index (χ0v) is 14.1. The third-order valence-corrected chi connectivity index (χ3v) is 7.67. The SMILES string of the molecule is C[C@]12CCC(=O)C=C1CC[C@@H]1C2=CC[C@@]2(C)[C@@H]1CC[C@]2(O)C#N. The molecule has 3 nitrogen and oxygen atoms in total. The fourth-order valence-electron chi connectivity index (χ4n) is 6.05. The molecule has 4 aliphatic rings. The lowest BCUT2D eigenvalue weighted by Gasteiger charge is -2.53. The van der Waals surface area contributed by atoms with Gasteiger partial charge in [0.05, 0.1) is 6.07 Å². The van der Waals surface area contributed by atoms with Crippen LogP contribution in [0.5, 0.6) is 0 Å². The number of carbonyl (C=O) groups excluding carboxylic acids is 1. The molecule has 23 heavy (non-hydrogen) atoms. The Morgan fingerprint density at radius 2 is 2.04 bits per heavy atom. The molecule has 0 amide bonds. The van der Waals surface area contributed by atoms with Gasteiger partial charge in [-0.05, 0) is 56.4 Å². The van der Waals surface area contributed by atoms with Crippen molar-refractivity contribution in [1.29, 1.82) is 5.26 Å². The van der Waals surface area contributed by atoms with Crippen LogP contribution < -0.4 is 0 Å². The zero-order chi connectivity index (χ0) is 16.5. The molecule has 122 valence electrons. The van der Waals surface area contributed by atoms with Crippen LogP contribution in [-0.4, -0.2) is 16.5 Å². The van der Waals surface area contributed by atoms with Crippen LogP contribution in [0.2, 0.25) is 0 Å². The van der Waals surface area contributed by atoms with E-state index in [0.717, 1.165) is 32.1 Å². The summed E-state index contributed by atoms with van der Waals surface area (Å²) in [5, 5.41) is 20.4. The highest BCUT2D eigenvalue weighted by atomic mass is 16.3. The summed E-state index contributed by atoms with van der Waals surface area (Å²) >= 11 is 0. The second-order valence-electron chi connectivity index (χ2n) is 8.51. The lowest BCUT2D eigenvalue weighted by molar-refractivity contribution is -0.115. The van der Waals surface area contributed by atoms with Crippen LogP contribution in [-0.2, 0) is 4.79 Å². The van der Waals surface area contributed by atoms with Crippen molar-refractivity contribution in [2.75, 3.05) is 0 Å². The molecule has 1 N–H and O–H groups in total. The highest BCUT2D eigenvalue weighted by Crippen LogP contribution is 2.65. The summed E-state index contributed by atoms with van der Waals surface area (Å²) in [5.41, 5.74) is 1.34. The quantitative estimate of drug-likeness (QED) is 0.548. The number of carbonyl (C=O) groups is 1. The Labute approximate surface area is 138 Å². The van der Waals surface area contributed by atoms with Crippen molar-refractivity contribution in [2.24, 2.45) is 22.7 Å². The Balaban J connectivity index is 1.78. The van der Waals surface area contributed by atoms with Gasteiger partial charge in [0.15, 0.2) is 11.4 Å². The Hall–Kier alpha value is -1.40. The second kappa shape index (κ2) is 4.57. The van der Waals surface area contributed by atoms with Crippen LogP contribution in [0, 0.1) is 34.0 Å². The van der Waals surface area contributed by atoms with Gasteiger partial charge < -0.3 is 5.11 Å². The van der Waals surface area contributed by atoms with Crippen molar-refractivity contribution in [3.05, 3.63) is 23.3 Å². The predicted octanol–water partition coefficient (Wildman–Crippen LogP) is 3.69. The predicted molar refractivity (Wildman–Crippen MR) is 87.2 cm³/mol. The molecule has 0 aliphatic heterocycles. The van der Waals surface area contributed by atoms with Crippen LogP contribution in [0.4, 0.5) is 0 Å². The van der Waals surface area contributed by atoms with Crippen LogP contribution in [0.1, 0.15) is 58.8 Å². The largest absolute Gasteiger partial charge is 0.375 e. The topological polar surface area (TPSA) is 61.1 Å². The number of hydrogen-bond acceptors (Lipinski definition) is 3. The van der Waals surface area contributed by atoms with Gasteiger partial charge in [0.1, 0.15) is 0 Å². The van der Waals surface area contributed by atoms with Crippen molar-refractivity contribution in [1.82, 2.24) is 0 Å². The van der Waals surface area contributed by atoms with E-state index in [1.54, 1.807) is 0 Å². The molecule has 0 aromatic heterocycles. The number of fused-ring (bicyclic) bond motifs is 5. The molecule has 4 rings (SSSR count). The van der Waals surface area contributed by atoms with Crippen LogP contribution >= 0.6 is 0 Å². The Morgan fingerprint density at radius 3 is 2.78 bits per heavy atom. The maximum atomic E-state index is 11.8. The maximum Gasteiger partial charge on any atom is 0.156 e. The molecule has 0 saturated heterocycles. The lowest BCUT2D eigenvalue weighted by atomic mass is 9.51. The molecule has 0 unspecified atom stereocenters. The van der Waals surface area contributed by atoms with Gasteiger partial charge >= 0.3 is 0 Å². The number of aliphatic hydroxyl groups is 1. The molecule has 0 spiro atoms. The molecule has 2 fully saturated rings. The van der Waals surface area contributed by atoms with E-state index in [9.17, 15) is 15.2 Å². The summed E-state index contributed by atoms with van der Waals surface area (Å²) < 4.78 is 0. The van der Waals surface area contributed by atoms with Crippen molar-refractivity contribution < 1.29 is 9.90 Å². The standard InChI is InChI=1S/C20H25NO2/c1-18-8-5-14(22)11-13(18)3-4-15-16(18)6-9-19(2)17(15)7-10-20(19,23)12-21/h6,11,15,17,23H,3-5,7-10H2,1-2H3/t15-,17-,18+,19+,20+/m1/s1. The van der Waals surface area contributed by atoms with Gasteiger partial charge in [0.25, 0.3) is 0 Å². The van der Waals surface area contributed by atoms with E-state index in [-0.39, 0.29) is 16.6 Å². The first-order valence-electron chi connectivity index (χ1n) is 8.92. The minimum Gasteiger partial charge on any atom is -0.375 e. The van der Waals surface area contributed by atoms with Crippen molar-refractivity contribution >= 4 is 5.78 Å². The number of allylic oxidation sites excluding steroid dienone is 4. The third-order valence-electron chi connectivity index (χ3n) is 7.67. The van der Waals surface area contributed by atoms with Crippen LogP contribution in [0.3, 0.4) is 0 Å². The highest BCUT2D eigenvalue weighted by Gasteiger charge is 2.62. The Kier molecular flexibility index (Phi) is 3.01. The normalized spacial score (nSPS) is 48.5. The molecule has 2 saturated carbocycles. The highest BCUT2D eigenvalue weighted by molar-refractivity contribution is 5.92. The Bertz CT molecular complexity index is 684. The minimum absolute atomic E-state index is 0.0332. The molecule has 5 atom stereocenters. The Morgan fingerprint density at radius 1 is 1.26 bits per heavy atom. The monoisotopic (exact) mass is 311 g/mol. The number of hydrogen-bond donors (Lipinski definition) is 1. The summed E-state index contributed by atoms with van der Waals surface area (Å²) in [6, 6.07) is 2.22.